The molecule has 40 heavy (non-hydrogen) atoms. The average Bonchev–Trinajstić information content (AvgIpc) is 3.58. The first-order valence-corrected chi connectivity index (χ1v) is 13.7. The number of methoxy groups -OCH3 is 1. The van der Waals surface area contributed by atoms with Gasteiger partial charge in [0.1, 0.15) is 17.1 Å². The van der Waals surface area contributed by atoms with Crippen LogP contribution in [0.4, 0.5) is 5.13 Å². The maximum absolute atomic E-state index is 13.7. The van der Waals surface area contributed by atoms with Gasteiger partial charge in [-0.3, -0.25) is 18.9 Å². The first-order chi connectivity index (χ1) is 19.1. The number of Topliss-reactive ketones (excluding diaryl/α,β-unsaturated/α-hetero) is 1. The number of fused-ring (bicyclic) bond motifs is 2. The van der Waals surface area contributed by atoms with Gasteiger partial charge >= 0.3 is 5.91 Å². The van der Waals surface area contributed by atoms with E-state index in [1.165, 1.54) is 16.2 Å². The molecule has 1 saturated heterocycles. The molecule has 6 rings (SSSR count). The van der Waals surface area contributed by atoms with E-state index in [1.54, 1.807) is 30.7 Å². The lowest BCUT2D eigenvalue weighted by Crippen LogP contribution is -2.29. The first-order valence-electron chi connectivity index (χ1n) is 12.9. The predicted octanol–water partition coefficient (Wildman–Crippen LogP) is 6.18. The van der Waals surface area contributed by atoms with E-state index in [0.29, 0.717) is 39.0 Å². The minimum atomic E-state index is -0.884. The summed E-state index contributed by atoms with van der Waals surface area (Å²) < 4.78 is 7.90. The standard InChI is InChI=1S/C31H28N4O4S/c1-17-25(34-15-7-6-8-23(34)32-17)27(36)24-26(18-9-11-19(12-10-18)31(2,3)4)35(29(38)28(24)37)30-33-21-14-13-20(39-5)16-22(21)40-30/h6-16,26,36H,1-5H3. The van der Waals surface area contributed by atoms with E-state index >= 15 is 0 Å². The summed E-state index contributed by atoms with van der Waals surface area (Å²) in [6, 6.07) is 17.9. The van der Waals surface area contributed by atoms with Crippen molar-refractivity contribution < 1.29 is 19.4 Å². The Morgan fingerprint density at radius 3 is 2.48 bits per heavy atom. The molecule has 3 aromatic heterocycles. The van der Waals surface area contributed by atoms with Gasteiger partial charge in [-0.1, -0.05) is 62.4 Å². The van der Waals surface area contributed by atoms with Crippen molar-refractivity contribution in [2.45, 2.75) is 39.2 Å². The molecule has 0 spiro atoms. The second-order valence-corrected chi connectivity index (χ2v) is 11.9. The van der Waals surface area contributed by atoms with E-state index in [9.17, 15) is 14.7 Å². The van der Waals surface area contributed by atoms with Crippen molar-refractivity contribution in [1.82, 2.24) is 14.4 Å². The highest BCUT2D eigenvalue weighted by atomic mass is 32.1. The van der Waals surface area contributed by atoms with Crippen molar-refractivity contribution in [3.63, 3.8) is 0 Å². The van der Waals surface area contributed by atoms with Crippen molar-refractivity contribution >= 4 is 49.8 Å². The number of nitrogens with zero attached hydrogens (tertiary/aromatic N) is 4. The lowest BCUT2D eigenvalue weighted by atomic mass is 9.85. The highest BCUT2D eigenvalue weighted by Gasteiger charge is 2.48. The molecule has 2 aromatic carbocycles. The Morgan fingerprint density at radius 1 is 1.02 bits per heavy atom. The zero-order valence-corrected chi connectivity index (χ0v) is 23.6. The van der Waals surface area contributed by atoms with Crippen molar-refractivity contribution in [2.24, 2.45) is 0 Å². The van der Waals surface area contributed by atoms with Crippen LogP contribution in [0.15, 0.2) is 72.4 Å². The van der Waals surface area contributed by atoms with Crippen LogP contribution in [0, 0.1) is 6.92 Å². The number of ketones is 1. The summed E-state index contributed by atoms with van der Waals surface area (Å²) in [6.45, 7) is 8.14. The molecular formula is C31H28N4O4S. The highest BCUT2D eigenvalue weighted by Crippen LogP contribution is 2.45. The number of imidazole rings is 1. The number of aryl methyl sites for hydroxylation is 1. The smallest absolute Gasteiger partial charge is 0.301 e. The molecule has 202 valence electrons. The number of hydrogen-bond acceptors (Lipinski definition) is 7. The Kier molecular flexibility index (Phi) is 5.99. The highest BCUT2D eigenvalue weighted by molar-refractivity contribution is 7.22. The number of hydrogen-bond donors (Lipinski definition) is 1. The first kappa shape index (κ1) is 25.8. The Hall–Kier alpha value is -4.50. The molecule has 1 amide bonds. The number of aliphatic hydroxyl groups is 1. The number of rotatable bonds is 4. The van der Waals surface area contributed by atoms with Crippen LogP contribution in [0.25, 0.3) is 21.6 Å². The van der Waals surface area contributed by atoms with Gasteiger partial charge in [0.25, 0.3) is 5.78 Å². The molecule has 1 fully saturated rings. The van der Waals surface area contributed by atoms with E-state index in [1.807, 2.05) is 54.6 Å². The third kappa shape index (κ3) is 4.05. The molecule has 0 saturated carbocycles. The van der Waals surface area contributed by atoms with Crippen LogP contribution in [0.1, 0.15) is 49.3 Å². The van der Waals surface area contributed by atoms with E-state index in [4.69, 9.17) is 9.72 Å². The molecule has 4 heterocycles. The molecule has 1 atom stereocenters. The number of amides is 1. The van der Waals surface area contributed by atoms with Crippen LogP contribution in [-0.2, 0) is 15.0 Å². The summed E-state index contributed by atoms with van der Waals surface area (Å²) >= 11 is 1.29. The minimum Gasteiger partial charge on any atom is -0.505 e. The number of pyridine rings is 1. The number of anilines is 1. The third-order valence-electron chi connectivity index (χ3n) is 7.26. The van der Waals surface area contributed by atoms with Crippen LogP contribution in [0.2, 0.25) is 0 Å². The summed E-state index contributed by atoms with van der Waals surface area (Å²) in [5.74, 6) is -1.12. The third-order valence-corrected chi connectivity index (χ3v) is 8.27. The van der Waals surface area contributed by atoms with E-state index in [-0.39, 0.29) is 16.7 Å². The molecular weight excluding hydrogens is 524 g/mol. The van der Waals surface area contributed by atoms with Crippen LogP contribution in [0.3, 0.4) is 0 Å². The largest absolute Gasteiger partial charge is 0.505 e. The maximum Gasteiger partial charge on any atom is 0.301 e. The summed E-state index contributed by atoms with van der Waals surface area (Å²) in [6.07, 6.45) is 1.77. The zero-order chi connectivity index (χ0) is 28.3. The van der Waals surface area contributed by atoms with Gasteiger partial charge in [0.15, 0.2) is 10.9 Å². The summed E-state index contributed by atoms with van der Waals surface area (Å²) in [4.78, 5) is 38.1. The number of aromatic nitrogens is 3. The monoisotopic (exact) mass is 552 g/mol. The quantitative estimate of drug-likeness (QED) is 0.162. The number of aliphatic hydroxyl groups excluding tert-OH is 1. The van der Waals surface area contributed by atoms with Gasteiger partial charge in [-0.05, 0) is 53.8 Å². The fourth-order valence-corrected chi connectivity index (χ4v) is 6.18. The summed E-state index contributed by atoms with van der Waals surface area (Å²) in [5.41, 5.74) is 3.95. The molecule has 1 aliphatic rings. The van der Waals surface area contributed by atoms with Gasteiger partial charge in [-0.15, -0.1) is 0 Å². The van der Waals surface area contributed by atoms with Gasteiger partial charge in [-0.2, -0.15) is 0 Å². The molecule has 9 heteroatoms. The lowest BCUT2D eigenvalue weighted by molar-refractivity contribution is -0.132. The van der Waals surface area contributed by atoms with Crippen molar-refractivity contribution in [1.29, 1.82) is 0 Å². The molecule has 1 unspecified atom stereocenters. The second-order valence-electron chi connectivity index (χ2n) is 10.8. The van der Waals surface area contributed by atoms with Gasteiger partial charge in [0, 0.05) is 6.20 Å². The van der Waals surface area contributed by atoms with Crippen LogP contribution < -0.4 is 9.64 Å². The van der Waals surface area contributed by atoms with E-state index < -0.39 is 17.7 Å². The van der Waals surface area contributed by atoms with Gasteiger partial charge in [-0.25, -0.2) is 9.97 Å². The Balaban J connectivity index is 1.58. The zero-order valence-electron chi connectivity index (χ0n) is 22.8. The van der Waals surface area contributed by atoms with Gasteiger partial charge in [0.2, 0.25) is 0 Å². The predicted molar refractivity (Wildman–Crippen MR) is 156 cm³/mol. The topological polar surface area (TPSA) is 97.0 Å². The van der Waals surface area contributed by atoms with E-state index in [2.05, 4.69) is 25.8 Å². The normalized spacial score (nSPS) is 17.3. The summed E-state index contributed by atoms with van der Waals surface area (Å²) in [7, 11) is 1.59. The van der Waals surface area contributed by atoms with Crippen molar-refractivity contribution in [3.8, 4) is 5.75 Å². The minimum absolute atomic E-state index is 0.000835. The molecule has 8 nitrogen and oxygen atoms in total. The van der Waals surface area contributed by atoms with Gasteiger partial charge in [0.05, 0.1) is 34.6 Å². The Labute approximate surface area is 235 Å². The Bertz CT molecular complexity index is 1840. The van der Waals surface area contributed by atoms with Crippen molar-refractivity contribution in [3.05, 3.63) is 94.9 Å². The number of thiazole rings is 1. The lowest BCUT2D eigenvalue weighted by Gasteiger charge is -2.24. The van der Waals surface area contributed by atoms with Crippen LogP contribution in [-0.4, -0.2) is 38.3 Å². The average molecular weight is 553 g/mol. The number of carbonyl (C=O) groups is 2. The Morgan fingerprint density at radius 2 is 1.77 bits per heavy atom. The molecule has 0 aliphatic carbocycles. The number of ether oxygens (including phenoxy) is 1. The van der Waals surface area contributed by atoms with Crippen LogP contribution >= 0.6 is 11.3 Å². The van der Waals surface area contributed by atoms with E-state index in [0.717, 1.165) is 10.3 Å². The fraction of sp³-hybridized carbons (Fsp3) is 0.226. The van der Waals surface area contributed by atoms with Crippen molar-refractivity contribution in [2.75, 3.05) is 12.0 Å². The molecule has 1 N–H and O–H groups in total. The van der Waals surface area contributed by atoms with Crippen LogP contribution in [0.5, 0.6) is 5.75 Å². The number of carbonyl (C=O) groups excluding carboxylic acids is 2. The molecule has 5 aromatic rings. The maximum atomic E-state index is 13.7. The molecule has 0 radical (unpaired) electrons. The second kappa shape index (κ2) is 9.31. The fourth-order valence-electron chi connectivity index (χ4n) is 5.16. The molecule has 0 bridgehead atoms. The van der Waals surface area contributed by atoms with Gasteiger partial charge < -0.3 is 9.84 Å². The number of benzene rings is 2. The SMILES string of the molecule is COc1ccc2nc(N3C(=O)C(=O)C(=C(O)c4c(C)nc5ccccn45)C3c3ccc(C(C)(C)C)cc3)sc2c1. The molecule has 1 aliphatic heterocycles. The summed E-state index contributed by atoms with van der Waals surface area (Å²) in [5, 5.41) is 12.1.